The molecule has 0 saturated carbocycles. The van der Waals surface area contributed by atoms with Gasteiger partial charge in [0.1, 0.15) is 5.75 Å². The molecular weight excluding hydrogens is 518 g/mol. The zero-order valence-corrected chi connectivity index (χ0v) is 24.4. The Balaban J connectivity index is 1.66. The first kappa shape index (κ1) is 27.4. The predicted octanol–water partition coefficient (Wildman–Crippen LogP) is 6.59. The minimum atomic E-state index is -0.172. The molecule has 2 aromatic carbocycles. The summed E-state index contributed by atoms with van der Waals surface area (Å²) in [7, 11) is 1.61. The van der Waals surface area contributed by atoms with E-state index in [1.165, 1.54) is 11.3 Å². The van der Waals surface area contributed by atoms with Crippen molar-refractivity contribution in [3.63, 3.8) is 0 Å². The normalized spacial score (nSPS) is 16.6. The predicted molar refractivity (Wildman–Crippen MR) is 164 cm³/mol. The fourth-order valence-corrected chi connectivity index (χ4v) is 5.95. The average Bonchev–Trinajstić information content (AvgIpc) is 3.48. The molecular formula is C32H35N5O2S. The Kier molecular flexibility index (Phi) is 7.89. The number of rotatable bonds is 8. The lowest BCUT2D eigenvalue weighted by Crippen LogP contribution is -2.29. The Bertz CT molecular complexity index is 1550. The van der Waals surface area contributed by atoms with E-state index in [2.05, 4.69) is 71.2 Å². The van der Waals surface area contributed by atoms with Crippen molar-refractivity contribution in [1.82, 2.24) is 14.9 Å². The third-order valence-corrected chi connectivity index (χ3v) is 7.87. The van der Waals surface area contributed by atoms with Crippen molar-refractivity contribution in [1.29, 1.82) is 0 Å². The van der Waals surface area contributed by atoms with Crippen LogP contribution >= 0.6 is 12.2 Å². The maximum atomic E-state index is 12.1. The van der Waals surface area contributed by atoms with Gasteiger partial charge in [-0.3, -0.25) is 9.78 Å². The number of ether oxygens (including phenoxy) is 1. The molecule has 2 aromatic heterocycles. The number of benzene rings is 2. The molecule has 206 valence electrons. The number of aryl methyl sites for hydroxylation is 2. The van der Waals surface area contributed by atoms with Crippen LogP contribution in [-0.4, -0.2) is 27.7 Å². The number of carbonyl (C=O) groups is 1. The van der Waals surface area contributed by atoms with Gasteiger partial charge in [0.25, 0.3) is 0 Å². The largest absolute Gasteiger partial charge is 0.494 e. The smallest absolute Gasteiger partial charge is 0.224 e. The molecule has 2 N–H and O–H groups in total. The Hall–Kier alpha value is -4.17. The van der Waals surface area contributed by atoms with Crippen LogP contribution in [-0.2, 0) is 11.2 Å². The molecule has 7 nitrogen and oxygen atoms in total. The highest BCUT2D eigenvalue weighted by molar-refractivity contribution is 7.80. The highest BCUT2D eigenvalue weighted by atomic mass is 32.1. The molecule has 5 rings (SSSR count). The third-order valence-electron chi connectivity index (χ3n) is 7.56. The lowest BCUT2D eigenvalue weighted by atomic mass is 9.96. The number of anilines is 2. The van der Waals surface area contributed by atoms with Gasteiger partial charge in [0.05, 0.1) is 30.6 Å². The number of pyridine rings is 1. The van der Waals surface area contributed by atoms with Crippen molar-refractivity contribution in [3.05, 3.63) is 101 Å². The van der Waals surface area contributed by atoms with E-state index >= 15 is 0 Å². The maximum absolute atomic E-state index is 12.1. The first-order chi connectivity index (χ1) is 19.4. The van der Waals surface area contributed by atoms with E-state index in [9.17, 15) is 4.79 Å². The highest BCUT2D eigenvalue weighted by Gasteiger charge is 2.42. The first-order valence-electron chi connectivity index (χ1n) is 13.6. The molecule has 2 atom stereocenters. The summed E-state index contributed by atoms with van der Waals surface area (Å²) in [6.07, 6.45) is 3.14. The molecule has 1 amide bonds. The van der Waals surface area contributed by atoms with E-state index in [-0.39, 0.29) is 18.0 Å². The highest BCUT2D eigenvalue weighted by Crippen LogP contribution is 2.45. The number of thiocarbonyl (C=S) groups is 1. The summed E-state index contributed by atoms with van der Waals surface area (Å²) in [5.41, 5.74) is 8.36. The van der Waals surface area contributed by atoms with E-state index < -0.39 is 0 Å². The molecule has 0 spiro atoms. The van der Waals surface area contributed by atoms with E-state index in [4.69, 9.17) is 21.9 Å². The number of carbonyl (C=O) groups excluding carboxylic acids is 1. The average molecular weight is 554 g/mol. The van der Waals surface area contributed by atoms with Crippen molar-refractivity contribution < 1.29 is 9.53 Å². The Morgan fingerprint density at radius 2 is 1.85 bits per heavy atom. The van der Waals surface area contributed by atoms with Crippen molar-refractivity contribution in [3.8, 4) is 11.4 Å². The molecule has 1 aliphatic rings. The quantitative estimate of drug-likeness (QED) is 0.240. The number of nitrogens with zero attached hydrogens (tertiary/aromatic N) is 3. The Morgan fingerprint density at radius 1 is 1.07 bits per heavy atom. The second-order valence-electron chi connectivity index (χ2n) is 9.93. The van der Waals surface area contributed by atoms with Gasteiger partial charge in [0.2, 0.25) is 5.91 Å². The first-order valence-corrected chi connectivity index (χ1v) is 14.0. The summed E-state index contributed by atoms with van der Waals surface area (Å²) in [5, 5.41) is 7.08. The van der Waals surface area contributed by atoms with Crippen LogP contribution in [0, 0.1) is 13.8 Å². The number of hydrogen-bond acceptors (Lipinski definition) is 4. The zero-order chi connectivity index (χ0) is 28.4. The van der Waals surface area contributed by atoms with Gasteiger partial charge >= 0.3 is 0 Å². The monoisotopic (exact) mass is 553 g/mol. The zero-order valence-electron chi connectivity index (χ0n) is 23.6. The van der Waals surface area contributed by atoms with E-state index in [1.54, 1.807) is 7.11 Å². The number of hydrogen-bond donors (Lipinski definition) is 2. The topological polar surface area (TPSA) is 71.4 Å². The molecule has 4 aromatic rings. The number of methoxy groups -OCH3 is 1. The van der Waals surface area contributed by atoms with Gasteiger partial charge in [-0.25, -0.2) is 0 Å². The molecule has 3 heterocycles. The SMILES string of the molecule is CCC(=O)Nc1ccc(N2C(=S)NC(c3ccccn3)C2c2cc(C)n(-c3ccccc3CC)c2C)cc1OC. The lowest BCUT2D eigenvalue weighted by molar-refractivity contribution is -0.115. The van der Waals surface area contributed by atoms with Crippen molar-refractivity contribution in [2.24, 2.45) is 0 Å². The van der Waals surface area contributed by atoms with Gasteiger partial charge in [-0.1, -0.05) is 38.1 Å². The number of nitrogens with one attached hydrogen (secondary N) is 2. The van der Waals surface area contributed by atoms with Crippen molar-refractivity contribution in [2.45, 2.75) is 52.6 Å². The van der Waals surface area contributed by atoms with Crippen LogP contribution in [0.4, 0.5) is 11.4 Å². The van der Waals surface area contributed by atoms with E-state index in [0.717, 1.165) is 34.8 Å². The summed E-state index contributed by atoms with van der Waals surface area (Å²) in [4.78, 5) is 18.9. The van der Waals surface area contributed by atoms with E-state index in [0.29, 0.717) is 23.0 Å². The minimum Gasteiger partial charge on any atom is -0.494 e. The standard InChI is InChI=1S/C32H35N5O2S/c1-6-22-12-8-9-14-27(22)36-20(3)18-24(21(36)4)31-30(26-13-10-11-17-33-26)35-32(40)37(31)23-15-16-25(28(19-23)39-5)34-29(38)7-2/h8-19,30-31H,6-7H2,1-5H3,(H,34,38)(H,35,40). The molecule has 0 bridgehead atoms. The molecule has 2 unspecified atom stereocenters. The van der Waals surface area contributed by atoms with Crippen LogP contribution < -0.4 is 20.3 Å². The second-order valence-corrected chi connectivity index (χ2v) is 10.3. The molecule has 0 radical (unpaired) electrons. The van der Waals surface area contributed by atoms with Crippen LogP contribution in [0.2, 0.25) is 0 Å². The van der Waals surface area contributed by atoms with Crippen molar-refractivity contribution >= 4 is 34.6 Å². The number of para-hydroxylation sites is 1. The molecule has 1 fully saturated rings. The van der Waals surface area contributed by atoms with Crippen LogP contribution in [0.25, 0.3) is 5.69 Å². The fraction of sp³-hybridized carbons (Fsp3) is 0.281. The number of amides is 1. The summed E-state index contributed by atoms with van der Waals surface area (Å²) in [5.74, 6) is 0.502. The van der Waals surface area contributed by atoms with Crippen LogP contribution in [0.1, 0.15) is 60.6 Å². The van der Waals surface area contributed by atoms with Gasteiger partial charge in [0.15, 0.2) is 5.11 Å². The van der Waals surface area contributed by atoms with Gasteiger partial charge < -0.3 is 24.8 Å². The van der Waals surface area contributed by atoms with Gasteiger partial charge in [-0.2, -0.15) is 0 Å². The fourth-order valence-electron chi connectivity index (χ4n) is 5.61. The molecule has 0 aliphatic carbocycles. The minimum absolute atomic E-state index is 0.0719. The van der Waals surface area contributed by atoms with Gasteiger partial charge in [-0.15, -0.1) is 0 Å². The molecule has 1 aliphatic heterocycles. The van der Waals surface area contributed by atoms with Gasteiger partial charge in [-0.05, 0) is 80.0 Å². The molecule has 40 heavy (non-hydrogen) atoms. The molecule has 1 saturated heterocycles. The maximum Gasteiger partial charge on any atom is 0.224 e. The van der Waals surface area contributed by atoms with Crippen molar-refractivity contribution in [2.75, 3.05) is 17.3 Å². The summed E-state index contributed by atoms with van der Waals surface area (Å²) in [6.45, 7) is 8.33. The van der Waals surface area contributed by atoms with Crippen LogP contribution in [0.3, 0.4) is 0 Å². The lowest BCUT2D eigenvalue weighted by Gasteiger charge is -2.29. The summed E-state index contributed by atoms with van der Waals surface area (Å²) in [6, 6.07) is 22.2. The third kappa shape index (κ3) is 4.95. The summed E-state index contributed by atoms with van der Waals surface area (Å²) >= 11 is 5.96. The van der Waals surface area contributed by atoms with Crippen LogP contribution in [0.5, 0.6) is 5.75 Å². The second kappa shape index (κ2) is 11.5. The van der Waals surface area contributed by atoms with Gasteiger partial charge in [0, 0.05) is 41.4 Å². The summed E-state index contributed by atoms with van der Waals surface area (Å²) < 4.78 is 8.03. The molecule has 8 heteroatoms. The van der Waals surface area contributed by atoms with E-state index in [1.807, 2.05) is 49.5 Å². The Labute approximate surface area is 241 Å². The number of aromatic nitrogens is 2. The van der Waals surface area contributed by atoms with Crippen LogP contribution in [0.15, 0.2) is 72.9 Å². The Morgan fingerprint density at radius 3 is 2.55 bits per heavy atom.